The zero-order chi connectivity index (χ0) is 20.5. The number of hydrogen-bond acceptors (Lipinski definition) is 6. The maximum atomic E-state index is 12.4. The van der Waals surface area contributed by atoms with Crippen molar-refractivity contribution in [3.63, 3.8) is 0 Å². The molecule has 0 amide bonds. The van der Waals surface area contributed by atoms with E-state index in [2.05, 4.69) is 9.46 Å². The summed E-state index contributed by atoms with van der Waals surface area (Å²) in [5.74, 6) is -1.49. The molecule has 0 aromatic heterocycles. The topological polar surface area (TPSA) is 98.8 Å². The van der Waals surface area contributed by atoms with Crippen LogP contribution in [0.4, 0.5) is 0 Å². The van der Waals surface area contributed by atoms with Crippen molar-refractivity contribution < 1.29 is 27.5 Å². The van der Waals surface area contributed by atoms with Gasteiger partial charge in [0.25, 0.3) is 0 Å². The third kappa shape index (κ3) is 10.5. The Hall–Kier alpha value is -2.19. The number of esters is 2. The van der Waals surface area contributed by atoms with Gasteiger partial charge in [-0.05, 0) is 17.4 Å². The fraction of sp³-hybridized carbons (Fsp3) is 0.474. The van der Waals surface area contributed by atoms with Gasteiger partial charge in [0.2, 0.25) is 10.0 Å². The molecule has 1 unspecified atom stereocenters. The lowest BCUT2D eigenvalue weighted by Gasteiger charge is -2.23. The van der Waals surface area contributed by atoms with Crippen molar-refractivity contribution >= 4 is 22.0 Å². The van der Waals surface area contributed by atoms with Gasteiger partial charge in [0.15, 0.2) is 0 Å². The van der Waals surface area contributed by atoms with Crippen LogP contribution >= 0.6 is 0 Å². The number of ether oxygens (including phenoxy) is 2. The highest BCUT2D eigenvalue weighted by Gasteiger charge is 2.25. The summed E-state index contributed by atoms with van der Waals surface area (Å²) in [4.78, 5) is 22.7. The normalized spacial score (nSPS) is 13.3. The van der Waals surface area contributed by atoms with E-state index in [1.54, 1.807) is 0 Å². The average Bonchev–Trinajstić information content (AvgIpc) is 2.55. The maximum Gasteiger partial charge on any atom is 0.331 e. The van der Waals surface area contributed by atoms with Crippen molar-refractivity contribution in [1.29, 1.82) is 0 Å². The molecule has 1 aromatic rings. The molecule has 1 atom stereocenters. The van der Waals surface area contributed by atoms with Gasteiger partial charge in [0, 0.05) is 12.2 Å². The second kappa shape index (κ2) is 10.2. The number of rotatable bonds is 9. The summed E-state index contributed by atoms with van der Waals surface area (Å²) in [6.07, 6.45) is 2.24. The number of sulfonamides is 1. The van der Waals surface area contributed by atoms with Crippen LogP contribution in [0.15, 0.2) is 42.5 Å². The van der Waals surface area contributed by atoms with E-state index in [9.17, 15) is 18.0 Å². The molecule has 1 rings (SSSR count). The Kier molecular flexibility index (Phi) is 8.65. The van der Waals surface area contributed by atoms with Crippen molar-refractivity contribution in [3.05, 3.63) is 48.0 Å². The molecule has 7 nitrogen and oxygen atoms in total. The minimum absolute atomic E-state index is 0.0541. The van der Waals surface area contributed by atoms with Crippen LogP contribution < -0.4 is 4.72 Å². The van der Waals surface area contributed by atoms with E-state index < -0.39 is 33.4 Å². The molecule has 1 aromatic carbocycles. The molecule has 1 N–H and O–H groups in total. The fourth-order valence-corrected chi connectivity index (χ4v) is 4.22. The molecule has 0 spiro atoms. The summed E-state index contributed by atoms with van der Waals surface area (Å²) in [6, 6.07) is 8.66. The smallest absolute Gasteiger partial charge is 0.331 e. The van der Waals surface area contributed by atoms with Crippen LogP contribution in [0.5, 0.6) is 0 Å². The Morgan fingerprint density at radius 1 is 1.11 bits per heavy atom. The van der Waals surface area contributed by atoms with E-state index >= 15 is 0 Å². The first-order chi connectivity index (χ1) is 12.5. The molecule has 0 heterocycles. The summed E-state index contributed by atoms with van der Waals surface area (Å²) in [5, 5.41) is 0. The Balaban J connectivity index is 2.80. The van der Waals surface area contributed by atoms with E-state index in [4.69, 9.17) is 4.74 Å². The van der Waals surface area contributed by atoms with Gasteiger partial charge in [-0.3, -0.25) is 0 Å². The molecule has 0 aliphatic heterocycles. The number of hydrogen-bond donors (Lipinski definition) is 1. The highest BCUT2D eigenvalue weighted by atomic mass is 32.2. The number of benzene rings is 1. The predicted molar refractivity (Wildman–Crippen MR) is 102 cm³/mol. The summed E-state index contributed by atoms with van der Waals surface area (Å²) >= 11 is 0. The molecule has 0 radical (unpaired) electrons. The molecule has 0 saturated heterocycles. The van der Waals surface area contributed by atoms with Crippen LogP contribution in [0.1, 0.15) is 26.3 Å². The zero-order valence-electron chi connectivity index (χ0n) is 16.1. The molecule has 0 fully saturated rings. The van der Waals surface area contributed by atoms with E-state index in [0.29, 0.717) is 6.42 Å². The first-order valence-corrected chi connectivity index (χ1v) is 10.1. The van der Waals surface area contributed by atoms with E-state index in [1.165, 1.54) is 7.11 Å². The lowest BCUT2D eigenvalue weighted by Crippen LogP contribution is -2.43. The van der Waals surface area contributed by atoms with Crippen molar-refractivity contribution in [3.8, 4) is 0 Å². The van der Waals surface area contributed by atoms with Gasteiger partial charge < -0.3 is 9.47 Å². The predicted octanol–water partition coefficient (Wildman–Crippen LogP) is 1.84. The molecule has 0 aliphatic rings. The maximum absolute atomic E-state index is 12.4. The second-order valence-corrected chi connectivity index (χ2v) is 9.06. The van der Waals surface area contributed by atoms with Crippen molar-refractivity contribution in [2.24, 2.45) is 5.41 Å². The molecule has 0 bridgehead atoms. The Morgan fingerprint density at radius 2 is 1.70 bits per heavy atom. The van der Waals surface area contributed by atoms with Gasteiger partial charge in [0.1, 0.15) is 6.61 Å². The molecular formula is C19H27NO6S. The van der Waals surface area contributed by atoms with E-state index in [-0.39, 0.29) is 12.4 Å². The number of carbonyl (C=O) groups is 2. The van der Waals surface area contributed by atoms with Crippen LogP contribution in [-0.2, 0) is 35.5 Å². The number of carbonyl (C=O) groups excluding carboxylic acids is 2. The van der Waals surface area contributed by atoms with Gasteiger partial charge >= 0.3 is 11.9 Å². The minimum atomic E-state index is -3.57. The van der Waals surface area contributed by atoms with Crippen LogP contribution in [0.2, 0.25) is 0 Å². The highest BCUT2D eigenvalue weighted by Crippen LogP contribution is 2.16. The van der Waals surface area contributed by atoms with Gasteiger partial charge in [-0.15, -0.1) is 0 Å². The van der Waals surface area contributed by atoms with Gasteiger partial charge in [-0.2, -0.15) is 0 Å². The van der Waals surface area contributed by atoms with E-state index in [1.807, 2.05) is 51.1 Å². The summed E-state index contributed by atoms with van der Waals surface area (Å²) < 4.78 is 36.9. The zero-order valence-corrected chi connectivity index (χ0v) is 16.9. The average molecular weight is 397 g/mol. The van der Waals surface area contributed by atoms with E-state index in [0.717, 1.165) is 17.7 Å². The SMILES string of the molecule is COC(=O)C=CC(=O)OCC(Cc1ccccc1)NS(=O)(=O)CC(C)(C)C. The first kappa shape index (κ1) is 22.9. The van der Waals surface area contributed by atoms with Crippen LogP contribution in [0.3, 0.4) is 0 Å². The lowest BCUT2D eigenvalue weighted by molar-refractivity contribution is -0.139. The van der Waals surface area contributed by atoms with Crippen LogP contribution in [0.25, 0.3) is 0 Å². The molecule has 8 heteroatoms. The molecule has 0 saturated carbocycles. The standard InChI is InChI=1S/C19H27NO6S/c1-19(2,3)14-27(23,24)20-16(12-15-8-6-5-7-9-15)13-26-18(22)11-10-17(21)25-4/h5-11,16,20H,12-14H2,1-4H3. The molecule has 0 aliphatic carbocycles. The van der Waals surface area contributed by atoms with Crippen LogP contribution in [-0.4, -0.2) is 45.9 Å². The summed E-state index contributed by atoms with van der Waals surface area (Å²) in [7, 11) is -2.38. The summed E-state index contributed by atoms with van der Waals surface area (Å²) in [6.45, 7) is 5.32. The van der Waals surface area contributed by atoms with Gasteiger partial charge in [-0.1, -0.05) is 51.1 Å². The lowest BCUT2D eigenvalue weighted by atomic mass is 10.0. The molecule has 150 valence electrons. The molecule has 27 heavy (non-hydrogen) atoms. The van der Waals surface area contributed by atoms with Gasteiger partial charge in [-0.25, -0.2) is 22.7 Å². The third-order valence-electron chi connectivity index (χ3n) is 3.28. The number of nitrogens with one attached hydrogen (secondary N) is 1. The monoisotopic (exact) mass is 397 g/mol. The van der Waals surface area contributed by atoms with Crippen molar-refractivity contribution in [2.75, 3.05) is 19.5 Å². The quantitative estimate of drug-likeness (QED) is 0.504. The number of methoxy groups -OCH3 is 1. The van der Waals surface area contributed by atoms with Gasteiger partial charge in [0.05, 0.1) is 18.9 Å². The Bertz CT molecular complexity index is 750. The van der Waals surface area contributed by atoms with Crippen LogP contribution in [0, 0.1) is 5.41 Å². The van der Waals surface area contributed by atoms with Crippen molar-refractivity contribution in [1.82, 2.24) is 4.72 Å². The van der Waals surface area contributed by atoms with Crippen molar-refractivity contribution in [2.45, 2.75) is 33.2 Å². The second-order valence-electron chi connectivity index (χ2n) is 7.31. The third-order valence-corrected chi connectivity index (χ3v) is 5.22. The summed E-state index contributed by atoms with van der Waals surface area (Å²) in [5.41, 5.74) is 0.491. The highest BCUT2D eigenvalue weighted by molar-refractivity contribution is 7.89. The largest absolute Gasteiger partial charge is 0.466 e. The fourth-order valence-electron chi connectivity index (χ4n) is 2.33. The Labute approximate surface area is 160 Å². The Morgan fingerprint density at radius 3 is 2.26 bits per heavy atom. The minimum Gasteiger partial charge on any atom is -0.466 e. The molecular weight excluding hydrogens is 370 g/mol. The first-order valence-electron chi connectivity index (χ1n) is 8.47.